The molecule has 0 saturated carbocycles. The van der Waals surface area contributed by atoms with E-state index in [2.05, 4.69) is 0 Å². The number of nitrogens with two attached hydrogens (primary N) is 1. The summed E-state index contributed by atoms with van der Waals surface area (Å²) in [4.78, 5) is 0. The van der Waals surface area contributed by atoms with Gasteiger partial charge in [-0.2, -0.15) is 0 Å². The quantitative estimate of drug-likeness (QED) is 0.737. The van der Waals surface area contributed by atoms with E-state index in [1.165, 1.54) is 0 Å². The summed E-state index contributed by atoms with van der Waals surface area (Å²) >= 11 is 0. The Bertz CT molecular complexity index is 338. The molecule has 1 aromatic rings. The van der Waals surface area contributed by atoms with Crippen molar-refractivity contribution < 1.29 is 9.47 Å². The zero-order chi connectivity index (χ0) is 10.1. The van der Waals surface area contributed by atoms with Gasteiger partial charge in [0, 0.05) is 0 Å². The van der Waals surface area contributed by atoms with Crippen molar-refractivity contribution in [3.63, 3.8) is 0 Å². The van der Waals surface area contributed by atoms with Gasteiger partial charge in [0.1, 0.15) is 5.75 Å². The van der Waals surface area contributed by atoms with Crippen LogP contribution in [-0.4, -0.2) is 13.2 Å². The normalized spacial score (nSPS) is 25.6. The van der Waals surface area contributed by atoms with Crippen LogP contribution in [0.2, 0.25) is 0 Å². The average Bonchev–Trinajstić information content (AvgIpc) is 2.23. The standard InChI is InChI=1S/C11H15NO2/c1-7-11(12)10-5-9(13-2)4-3-8(10)6-14-7/h3-5,7,11H,6,12H2,1-2H3/t7?,11-/m0/s1. The van der Waals surface area contributed by atoms with E-state index in [9.17, 15) is 0 Å². The van der Waals surface area contributed by atoms with Crippen molar-refractivity contribution in [3.8, 4) is 5.75 Å². The van der Waals surface area contributed by atoms with Gasteiger partial charge in [0.25, 0.3) is 0 Å². The van der Waals surface area contributed by atoms with Crippen LogP contribution in [0.25, 0.3) is 0 Å². The molecule has 3 nitrogen and oxygen atoms in total. The lowest BCUT2D eigenvalue weighted by Crippen LogP contribution is -2.31. The van der Waals surface area contributed by atoms with Gasteiger partial charge >= 0.3 is 0 Å². The lowest BCUT2D eigenvalue weighted by atomic mass is 9.95. The molecule has 1 unspecified atom stereocenters. The van der Waals surface area contributed by atoms with E-state index in [1.807, 2.05) is 25.1 Å². The van der Waals surface area contributed by atoms with Crippen molar-refractivity contribution >= 4 is 0 Å². The maximum absolute atomic E-state index is 6.03. The molecular weight excluding hydrogens is 178 g/mol. The molecule has 2 N–H and O–H groups in total. The molecule has 76 valence electrons. The third-order valence-electron chi connectivity index (χ3n) is 2.72. The molecule has 0 aliphatic carbocycles. The first-order valence-electron chi connectivity index (χ1n) is 4.76. The van der Waals surface area contributed by atoms with Crippen molar-refractivity contribution in [2.45, 2.75) is 25.7 Å². The lowest BCUT2D eigenvalue weighted by molar-refractivity contribution is 0.0213. The van der Waals surface area contributed by atoms with E-state index in [-0.39, 0.29) is 12.1 Å². The fraction of sp³-hybridized carbons (Fsp3) is 0.455. The highest BCUT2D eigenvalue weighted by Gasteiger charge is 2.24. The van der Waals surface area contributed by atoms with E-state index in [4.69, 9.17) is 15.2 Å². The number of hydrogen-bond donors (Lipinski definition) is 1. The first-order valence-corrected chi connectivity index (χ1v) is 4.76. The Morgan fingerprint density at radius 1 is 1.50 bits per heavy atom. The molecule has 0 saturated heterocycles. The Morgan fingerprint density at radius 3 is 3.00 bits per heavy atom. The Kier molecular flexibility index (Phi) is 2.44. The summed E-state index contributed by atoms with van der Waals surface area (Å²) in [6, 6.07) is 5.90. The van der Waals surface area contributed by atoms with E-state index >= 15 is 0 Å². The van der Waals surface area contributed by atoms with Gasteiger partial charge in [-0.15, -0.1) is 0 Å². The van der Waals surface area contributed by atoms with Crippen molar-refractivity contribution in [2.24, 2.45) is 5.73 Å². The average molecular weight is 193 g/mol. The number of rotatable bonds is 1. The van der Waals surface area contributed by atoms with Gasteiger partial charge in [-0.05, 0) is 30.2 Å². The summed E-state index contributed by atoms with van der Waals surface area (Å²) in [5.74, 6) is 0.855. The predicted molar refractivity (Wildman–Crippen MR) is 54.2 cm³/mol. The van der Waals surface area contributed by atoms with Gasteiger partial charge in [0.15, 0.2) is 0 Å². The first-order chi connectivity index (χ1) is 6.72. The van der Waals surface area contributed by atoms with Crippen LogP contribution in [0, 0.1) is 0 Å². The van der Waals surface area contributed by atoms with Crippen molar-refractivity contribution in [1.29, 1.82) is 0 Å². The molecule has 2 atom stereocenters. The minimum atomic E-state index is -0.0474. The Labute approximate surface area is 83.8 Å². The molecule has 1 aliphatic rings. The molecule has 3 heteroatoms. The summed E-state index contributed by atoms with van der Waals surface area (Å²) in [6.45, 7) is 2.64. The highest BCUT2D eigenvalue weighted by atomic mass is 16.5. The number of methoxy groups -OCH3 is 1. The fourth-order valence-corrected chi connectivity index (χ4v) is 1.72. The van der Waals surface area contributed by atoms with Crippen LogP contribution in [0.1, 0.15) is 24.1 Å². The molecule has 2 rings (SSSR count). The number of benzene rings is 1. The van der Waals surface area contributed by atoms with E-state index in [0.717, 1.165) is 16.9 Å². The smallest absolute Gasteiger partial charge is 0.119 e. The zero-order valence-corrected chi connectivity index (χ0v) is 8.49. The molecule has 1 aliphatic heterocycles. The van der Waals surface area contributed by atoms with Gasteiger partial charge in [-0.1, -0.05) is 6.07 Å². The van der Waals surface area contributed by atoms with E-state index in [1.54, 1.807) is 7.11 Å². The number of hydrogen-bond acceptors (Lipinski definition) is 3. The number of fused-ring (bicyclic) bond motifs is 1. The lowest BCUT2D eigenvalue weighted by Gasteiger charge is -2.29. The highest BCUT2D eigenvalue weighted by Crippen LogP contribution is 2.30. The maximum atomic E-state index is 6.03. The van der Waals surface area contributed by atoms with Crippen LogP contribution in [0.5, 0.6) is 5.75 Å². The van der Waals surface area contributed by atoms with E-state index in [0.29, 0.717) is 6.61 Å². The van der Waals surface area contributed by atoms with Crippen molar-refractivity contribution in [1.82, 2.24) is 0 Å². The molecule has 0 amide bonds. The molecule has 0 spiro atoms. The van der Waals surface area contributed by atoms with Gasteiger partial charge in [-0.3, -0.25) is 0 Å². The molecule has 0 fully saturated rings. The second kappa shape index (κ2) is 3.59. The molecular formula is C11H15NO2. The van der Waals surface area contributed by atoms with Crippen LogP contribution in [-0.2, 0) is 11.3 Å². The minimum Gasteiger partial charge on any atom is -0.497 e. The number of ether oxygens (including phenoxy) is 2. The fourth-order valence-electron chi connectivity index (χ4n) is 1.72. The van der Waals surface area contributed by atoms with E-state index < -0.39 is 0 Å². The first kappa shape index (κ1) is 9.49. The van der Waals surface area contributed by atoms with Crippen LogP contribution in [0.4, 0.5) is 0 Å². The molecule has 1 heterocycles. The van der Waals surface area contributed by atoms with Crippen molar-refractivity contribution in [2.75, 3.05) is 7.11 Å². The summed E-state index contributed by atoms with van der Waals surface area (Å²) in [7, 11) is 1.66. The SMILES string of the molecule is COc1ccc2c(c1)[C@@H](N)C(C)OC2. The Morgan fingerprint density at radius 2 is 2.29 bits per heavy atom. The monoisotopic (exact) mass is 193 g/mol. The van der Waals surface area contributed by atoms with Gasteiger partial charge in [-0.25, -0.2) is 0 Å². The predicted octanol–water partition coefficient (Wildman–Crippen LogP) is 1.61. The summed E-state index contributed by atoms with van der Waals surface area (Å²) < 4.78 is 10.7. The topological polar surface area (TPSA) is 44.5 Å². The van der Waals surface area contributed by atoms with Gasteiger partial charge in [0.2, 0.25) is 0 Å². The molecule has 1 aromatic carbocycles. The highest BCUT2D eigenvalue weighted by molar-refractivity contribution is 5.38. The second-order valence-corrected chi connectivity index (χ2v) is 3.61. The largest absolute Gasteiger partial charge is 0.497 e. The van der Waals surface area contributed by atoms with Crippen molar-refractivity contribution in [3.05, 3.63) is 29.3 Å². The minimum absolute atomic E-state index is 0.0474. The third kappa shape index (κ3) is 1.49. The summed E-state index contributed by atoms with van der Waals surface area (Å²) in [5, 5.41) is 0. The third-order valence-corrected chi connectivity index (χ3v) is 2.72. The molecule has 0 radical (unpaired) electrons. The Hall–Kier alpha value is -1.06. The summed E-state index contributed by atoms with van der Waals surface area (Å²) in [5.41, 5.74) is 8.34. The van der Waals surface area contributed by atoms with Crippen LogP contribution < -0.4 is 10.5 Å². The Balaban J connectivity index is 2.41. The zero-order valence-electron chi connectivity index (χ0n) is 8.49. The maximum Gasteiger partial charge on any atom is 0.119 e. The molecule has 14 heavy (non-hydrogen) atoms. The summed E-state index contributed by atoms with van der Waals surface area (Å²) in [6.07, 6.45) is 0.0783. The second-order valence-electron chi connectivity index (χ2n) is 3.61. The van der Waals surface area contributed by atoms with Crippen LogP contribution >= 0.6 is 0 Å². The van der Waals surface area contributed by atoms with Crippen LogP contribution in [0.15, 0.2) is 18.2 Å². The van der Waals surface area contributed by atoms with Crippen LogP contribution in [0.3, 0.4) is 0 Å². The molecule has 0 bridgehead atoms. The molecule has 0 aromatic heterocycles. The van der Waals surface area contributed by atoms with Gasteiger partial charge < -0.3 is 15.2 Å². The van der Waals surface area contributed by atoms with Gasteiger partial charge in [0.05, 0.1) is 25.9 Å².